The van der Waals surface area contributed by atoms with Gasteiger partial charge < -0.3 is 0 Å². The zero-order valence-electron chi connectivity index (χ0n) is 18.2. The minimum absolute atomic E-state index is 0.0416. The van der Waals surface area contributed by atoms with E-state index in [0.29, 0.717) is 0 Å². The number of rotatable bonds is 7. The van der Waals surface area contributed by atoms with Crippen LogP contribution < -0.4 is 15.9 Å². The Kier molecular flexibility index (Phi) is 6.63. The maximum Gasteiger partial charge on any atom is 0.238 e. The van der Waals surface area contributed by atoms with Gasteiger partial charge in [-0.1, -0.05) is 121 Å². The third-order valence-electron chi connectivity index (χ3n) is 5.56. The molecule has 0 saturated carbocycles. The molecule has 0 atom stereocenters. The predicted molar refractivity (Wildman–Crippen MR) is 137 cm³/mol. The Bertz CT molecular complexity index is 1240. The third kappa shape index (κ3) is 4.16. The minimum atomic E-state index is -2.95. The molecule has 0 bridgehead atoms. The lowest BCUT2D eigenvalue weighted by atomic mass is 10.0. The SMILES string of the molecule is CC(=O)C(C(=O)C(=O)c1ccccc1)=P(c1ccccc1)(c1ccccc1)c1ccccc1. The second-order valence-electron chi connectivity index (χ2n) is 7.61. The average Bonchev–Trinajstić information content (AvgIpc) is 2.88. The Labute approximate surface area is 193 Å². The highest BCUT2D eigenvalue weighted by molar-refractivity contribution is 7.98. The summed E-state index contributed by atoms with van der Waals surface area (Å²) in [5.74, 6) is -1.82. The first-order chi connectivity index (χ1) is 16.1. The number of carbonyl (C=O) groups is 3. The Hall–Kier alpha value is -3.81. The molecule has 0 heterocycles. The molecular formula is C29H23O3P. The summed E-state index contributed by atoms with van der Waals surface area (Å²) in [6, 6.07) is 37.2. The van der Waals surface area contributed by atoms with Crippen LogP contribution in [0.1, 0.15) is 17.3 Å². The summed E-state index contributed by atoms with van der Waals surface area (Å²) < 4.78 is 0. The Balaban J connectivity index is 2.19. The standard InChI is InChI=1S/C29H23O3P/c1-22(30)29(28(32)27(31)23-14-6-2-7-15-23)33(24-16-8-3-9-17-24,25-18-10-4-11-19-25)26-20-12-5-13-21-26/h2-21H,1H3. The normalized spacial score (nSPS) is 10.9. The number of Topliss-reactive ketones (excluding diaryl/α,β-unsaturated/α-hetero) is 3. The molecule has 0 saturated heterocycles. The van der Waals surface area contributed by atoms with Gasteiger partial charge in [0.1, 0.15) is 0 Å². The van der Waals surface area contributed by atoms with Crippen LogP contribution in [0.3, 0.4) is 0 Å². The van der Waals surface area contributed by atoms with Crippen LogP contribution in [0.5, 0.6) is 0 Å². The van der Waals surface area contributed by atoms with Crippen LogP contribution in [0.25, 0.3) is 0 Å². The number of ketones is 3. The highest BCUT2D eigenvalue weighted by Gasteiger charge is 2.37. The molecule has 0 fully saturated rings. The van der Waals surface area contributed by atoms with Gasteiger partial charge in [0.05, 0.1) is 5.29 Å². The lowest BCUT2D eigenvalue weighted by molar-refractivity contribution is -0.113. The van der Waals surface area contributed by atoms with Gasteiger partial charge in [-0.2, -0.15) is 0 Å². The summed E-state index contributed by atoms with van der Waals surface area (Å²) in [6.45, 7) is -1.57. The Morgan fingerprint density at radius 3 is 1.18 bits per heavy atom. The molecule has 3 nitrogen and oxygen atoms in total. The van der Waals surface area contributed by atoms with Crippen molar-refractivity contribution in [3.8, 4) is 0 Å². The van der Waals surface area contributed by atoms with Gasteiger partial charge >= 0.3 is 0 Å². The van der Waals surface area contributed by atoms with Crippen LogP contribution in [0.4, 0.5) is 0 Å². The summed E-state index contributed by atoms with van der Waals surface area (Å²) in [4.78, 5) is 40.5. The van der Waals surface area contributed by atoms with Gasteiger partial charge in [0.25, 0.3) is 0 Å². The molecule has 0 aliphatic carbocycles. The first-order valence-electron chi connectivity index (χ1n) is 10.6. The summed E-state index contributed by atoms with van der Waals surface area (Å²) in [5, 5.41) is 2.59. The molecule has 0 aliphatic rings. The van der Waals surface area contributed by atoms with Crippen LogP contribution in [0.2, 0.25) is 0 Å². The van der Waals surface area contributed by atoms with Crippen LogP contribution in [0, 0.1) is 0 Å². The maximum atomic E-state index is 13.9. The van der Waals surface area contributed by atoms with E-state index in [4.69, 9.17) is 0 Å². The molecule has 0 unspecified atom stereocenters. The van der Waals surface area contributed by atoms with Crippen LogP contribution in [-0.2, 0) is 9.59 Å². The topological polar surface area (TPSA) is 51.2 Å². The fraction of sp³-hybridized carbons (Fsp3) is 0.0345. The van der Waals surface area contributed by atoms with E-state index in [1.807, 2.05) is 91.0 Å². The lowest BCUT2D eigenvalue weighted by Gasteiger charge is -2.31. The van der Waals surface area contributed by atoms with Crippen LogP contribution >= 0.6 is 6.89 Å². The zero-order valence-corrected chi connectivity index (χ0v) is 19.1. The summed E-state index contributed by atoms with van der Waals surface area (Å²) >= 11 is 0. The van der Waals surface area contributed by atoms with E-state index in [1.165, 1.54) is 6.92 Å². The summed E-state index contributed by atoms with van der Waals surface area (Å²) in [6.07, 6.45) is 0. The highest BCUT2D eigenvalue weighted by Crippen LogP contribution is 2.46. The second-order valence-corrected chi connectivity index (χ2v) is 10.9. The van der Waals surface area contributed by atoms with Gasteiger partial charge in [0.2, 0.25) is 11.6 Å². The van der Waals surface area contributed by atoms with Gasteiger partial charge in [0.15, 0.2) is 5.78 Å². The van der Waals surface area contributed by atoms with Crippen molar-refractivity contribution in [2.75, 3.05) is 0 Å². The fourth-order valence-corrected chi connectivity index (χ4v) is 8.57. The monoisotopic (exact) mass is 450 g/mol. The van der Waals surface area contributed by atoms with Crippen molar-refractivity contribution in [3.63, 3.8) is 0 Å². The first kappa shape index (κ1) is 22.4. The molecule has 0 amide bonds. The fourth-order valence-electron chi connectivity index (χ4n) is 4.17. The van der Waals surface area contributed by atoms with Crippen molar-refractivity contribution in [2.24, 2.45) is 0 Å². The number of benzene rings is 4. The van der Waals surface area contributed by atoms with Crippen LogP contribution in [-0.4, -0.2) is 22.6 Å². The van der Waals surface area contributed by atoms with E-state index in [0.717, 1.165) is 15.9 Å². The Morgan fingerprint density at radius 2 is 0.848 bits per heavy atom. The highest BCUT2D eigenvalue weighted by atomic mass is 31.2. The molecule has 4 aromatic carbocycles. The smallest absolute Gasteiger partial charge is 0.238 e. The summed E-state index contributed by atoms with van der Waals surface area (Å²) in [7, 11) is 0. The van der Waals surface area contributed by atoms with E-state index in [1.54, 1.807) is 30.3 Å². The molecule has 0 aromatic heterocycles. The molecule has 162 valence electrons. The van der Waals surface area contributed by atoms with E-state index in [-0.39, 0.29) is 10.9 Å². The lowest BCUT2D eigenvalue weighted by Crippen LogP contribution is -2.39. The summed E-state index contributed by atoms with van der Waals surface area (Å²) in [5.41, 5.74) is 0.272. The minimum Gasteiger partial charge on any atom is -0.294 e. The molecular weight excluding hydrogens is 427 g/mol. The van der Waals surface area contributed by atoms with Gasteiger partial charge in [-0.05, 0) is 29.7 Å². The van der Waals surface area contributed by atoms with E-state index >= 15 is 0 Å². The van der Waals surface area contributed by atoms with E-state index < -0.39 is 24.2 Å². The van der Waals surface area contributed by atoms with Crippen molar-refractivity contribution in [3.05, 3.63) is 127 Å². The molecule has 0 radical (unpaired) electrons. The van der Waals surface area contributed by atoms with Crippen LogP contribution in [0.15, 0.2) is 121 Å². The quantitative estimate of drug-likeness (QED) is 0.184. The number of hydrogen-bond donors (Lipinski definition) is 0. The molecule has 33 heavy (non-hydrogen) atoms. The van der Waals surface area contributed by atoms with Crippen molar-refractivity contribution >= 4 is 45.4 Å². The first-order valence-corrected chi connectivity index (χ1v) is 12.4. The predicted octanol–water partition coefficient (Wildman–Crippen LogP) is 4.19. The average molecular weight is 450 g/mol. The molecule has 4 heteroatoms. The maximum absolute atomic E-state index is 13.9. The van der Waals surface area contributed by atoms with Gasteiger partial charge in [-0.25, -0.2) is 0 Å². The molecule has 0 spiro atoms. The largest absolute Gasteiger partial charge is 0.294 e. The molecule has 0 N–H and O–H groups in total. The van der Waals surface area contributed by atoms with Crippen molar-refractivity contribution in [1.29, 1.82) is 0 Å². The van der Waals surface area contributed by atoms with Crippen molar-refractivity contribution < 1.29 is 14.4 Å². The second kappa shape index (κ2) is 9.77. The van der Waals surface area contributed by atoms with Gasteiger partial charge in [-0.3, -0.25) is 14.4 Å². The molecule has 0 aliphatic heterocycles. The number of carbonyl (C=O) groups excluding carboxylic acids is 3. The number of hydrogen-bond acceptors (Lipinski definition) is 3. The van der Waals surface area contributed by atoms with E-state index in [9.17, 15) is 14.4 Å². The van der Waals surface area contributed by atoms with Crippen molar-refractivity contribution in [2.45, 2.75) is 6.92 Å². The zero-order chi connectivity index (χ0) is 23.3. The molecule has 4 rings (SSSR count). The molecule has 4 aromatic rings. The van der Waals surface area contributed by atoms with Gasteiger partial charge in [0, 0.05) is 5.56 Å². The van der Waals surface area contributed by atoms with E-state index in [2.05, 4.69) is 0 Å². The third-order valence-corrected chi connectivity index (χ3v) is 9.96. The Morgan fingerprint density at radius 1 is 0.515 bits per heavy atom. The van der Waals surface area contributed by atoms with Gasteiger partial charge in [-0.15, -0.1) is 0 Å². The van der Waals surface area contributed by atoms with Crippen molar-refractivity contribution in [1.82, 2.24) is 0 Å².